The molecule has 0 aliphatic rings. The standard InChI is InChI=1S/C16H15ClF3N/c1-2-21-16(12-8-10(18)6-7-15(12)20)9-11-13(17)4-3-5-14(11)19/h3-8,16,21H,2,9H2,1H3. The molecule has 0 aromatic heterocycles. The van der Waals surface area contributed by atoms with E-state index < -0.39 is 23.5 Å². The van der Waals surface area contributed by atoms with Gasteiger partial charge in [0.15, 0.2) is 0 Å². The monoisotopic (exact) mass is 313 g/mol. The van der Waals surface area contributed by atoms with Gasteiger partial charge in [-0.3, -0.25) is 0 Å². The molecule has 2 aromatic rings. The van der Waals surface area contributed by atoms with E-state index in [9.17, 15) is 13.2 Å². The quantitative estimate of drug-likeness (QED) is 0.847. The van der Waals surface area contributed by atoms with Crippen molar-refractivity contribution in [2.75, 3.05) is 6.54 Å². The third kappa shape index (κ3) is 3.77. The molecule has 0 radical (unpaired) electrons. The SMILES string of the molecule is CCNC(Cc1c(F)cccc1Cl)c1cc(F)ccc1F. The van der Waals surface area contributed by atoms with Crippen molar-refractivity contribution in [3.63, 3.8) is 0 Å². The van der Waals surface area contributed by atoms with Gasteiger partial charge in [-0.1, -0.05) is 24.6 Å². The average Bonchev–Trinajstić information content (AvgIpc) is 2.44. The number of nitrogens with one attached hydrogen (secondary N) is 1. The lowest BCUT2D eigenvalue weighted by atomic mass is 9.97. The molecular weight excluding hydrogens is 299 g/mol. The van der Waals surface area contributed by atoms with Crippen molar-refractivity contribution in [2.45, 2.75) is 19.4 Å². The summed E-state index contributed by atoms with van der Waals surface area (Å²) in [6.45, 7) is 2.37. The molecule has 0 amide bonds. The van der Waals surface area contributed by atoms with E-state index in [0.29, 0.717) is 6.54 Å². The van der Waals surface area contributed by atoms with Crippen LogP contribution in [0.4, 0.5) is 13.2 Å². The molecule has 2 rings (SSSR count). The Morgan fingerprint density at radius 1 is 1.10 bits per heavy atom. The lowest BCUT2D eigenvalue weighted by Crippen LogP contribution is -2.24. The first-order valence-electron chi connectivity index (χ1n) is 6.64. The number of hydrogen-bond acceptors (Lipinski definition) is 1. The molecule has 1 atom stereocenters. The van der Waals surface area contributed by atoms with Gasteiger partial charge in [0.2, 0.25) is 0 Å². The highest BCUT2D eigenvalue weighted by atomic mass is 35.5. The van der Waals surface area contributed by atoms with Gasteiger partial charge in [0.1, 0.15) is 17.5 Å². The molecule has 0 saturated heterocycles. The summed E-state index contributed by atoms with van der Waals surface area (Å²) < 4.78 is 41.1. The first kappa shape index (κ1) is 15.9. The summed E-state index contributed by atoms with van der Waals surface area (Å²) in [4.78, 5) is 0. The van der Waals surface area contributed by atoms with Crippen LogP contribution in [0.3, 0.4) is 0 Å². The van der Waals surface area contributed by atoms with Crippen LogP contribution in [0.15, 0.2) is 36.4 Å². The highest BCUT2D eigenvalue weighted by molar-refractivity contribution is 6.31. The summed E-state index contributed by atoms with van der Waals surface area (Å²) in [5, 5.41) is 3.31. The highest BCUT2D eigenvalue weighted by Gasteiger charge is 2.19. The number of halogens is 4. The van der Waals surface area contributed by atoms with E-state index in [0.717, 1.165) is 18.2 Å². The zero-order valence-electron chi connectivity index (χ0n) is 11.5. The minimum absolute atomic E-state index is 0.139. The zero-order valence-corrected chi connectivity index (χ0v) is 12.2. The molecular formula is C16H15ClF3N. The number of hydrogen-bond donors (Lipinski definition) is 1. The largest absolute Gasteiger partial charge is 0.310 e. The Balaban J connectivity index is 2.38. The lowest BCUT2D eigenvalue weighted by Gasteiger charge is -2.20. The number of rotatable bonds is 5. The van der Waals surface area contributed by atoms with Crippen molar-refractivity contribution in [3.8, 4) is 0 Å². The second-order valence-electron chi connectivity index (χ2n) is 4.68. The summed E-state index contributed by atoms with van der Waals surface area (Å²) in [5.41, 5.74) is 0.449. The molecule has 1 nitrogen and oxygen atoms in total. The second-order valence-corrected chi connectivity index (χ2v) is 5.09. The predicted octanol–water partition coefficient (Wildman–Crippen LogP) is 4.65. The lowest BCUT2D eigenvalue weighted by molar-refractivity contribution is 0.492. The summed E-state index contributed by atoms with van der Waals surface area (Å²) >= 11 is 6.00. The van der Waals surface area contributed by atoms with E-state index in [1.807, 2.05) is 6.92 Å². The van der Waals surface area contributed by atoms with Gasteiger partial charge in [-0.05, 0) is 43.3 Å². The smallest absolute Gasteiger partial charge is 0.128 e. The Morgan fingerprint density at radius 2 is 1.86 bits per heavy atom. The van der Waals surface area contributed by atoms with Gasteiger partial charge < -0.3 is 5.32 Å². The minimum Gasteiger partial charge on any atom is -0.310 e. The van der Waals surface area contributed by atoms with Crippen LogP contribution in [0, 0.1) is 17.5 Å². The molecule has 0 aliphatic heterocycles. The van der Waals surface area contributed by atoms with E-state index in [1.54, 1.807) is 6.07 Å². The Hall–Kier alpha value is -1.52. The van der Waals surface area contributed by atoms with E-state index in [1.165, 1.54) is 12.1 Å². The maximum Gasteiger partial charge on any atom is 0.128 e. The summed E-state index contributed by atoms with van der Waals surface area (Å²) in [6, 6.07) is 7.07. The molecule has 112 valence electrons. The molecule has 0 saturated carbocycles. The van der Waals surface area contributed by atoms with Gasteiger partial charge in [-0.2, -0.15) is 0 Å². The maximum atomic E-state index is 13.9. The van der Waals surface area contributed by atoms with E-state index in [4.69, 9.17) is 11.6 Å². The number of likely N-dealkylation sites (N-methyl/N-ethyl adjacent to an activating group) is 1. The third-order valence-corrected chi connectivity index (χ3v) is 3.61. The molecule has 0 fully saturated rings. The fraction of sp³-hybridized carbons (Fsp3) is 0.250. The number of benzene rings is 2. The summed E-state index contributed by atoms with van der Waals surface area (Å²) in [5.74, 6) is -1.52. The summed E-state index contributed by atoms with van der Waals surface area (Å²) in [7, 11) is 0. The van der Waals surface area contributed by atoms with Gasteiger partial charge >= 0.3 is 0 Å². The Morgan fingerprint density at radius 3 is 2.52 bits per heavy atom. The van der Waals surface area contributed by atoms with E-state index in [2.05, 4.69) is 5.32 Å². The fourth-order valence-electron chi connectivity index (χ4n) is 2.25. The van der Waals surface area contributed by atoms with Crippen LogP contribution in [0.25, 0.3) is 0 Å². The fourth-order valence-corrected chi connectivity index (χ4v) is 2.49. The van der Waals surface area contributed by atoms with Gasteiger partial charge in [0, 0.05) is 22.2 Å². The Kier molecular flexibility index (Phi) is 5.26. The first-order chi connectivity index (χ1) is 10.0. The molecule has 21 heavy (non-hydrogen) atoms. The van der Waals surface area contributed by atoms with E-state index in [-0.39, 0.29) is 22.6 Å². The molecule has 1 unspecified atom stereocenters. The van der Waals surface area contributed by atoms with Gasteiger partial charge in [0.25, 0.3) is 0 Å². The minimum atomic E-state index is -0.555. The molecule has 0 heterocycles. The van der Waals surface area contributed by atoms with Gasteiger partial charge in [-0.25, -0.2) is 13.2 Å². The normalized spacial score (nSPS) is 12.4. The van der Waals surface area contributed by atoms with Crippen LogP contribution in [0.1, 0.15) is 24.1 Å². The topological polar surface area (TPSA) is 12.0 Å². The molecule has 0 bridgehead atoms. The van der Waals surface area contributed by atoms with Crippen molar-refractivity contribution in [1.29, 1.82) is 0 Å². The molecule has 1 N–H and O–H groups in total. The van der Waals surface area contributed by atoms with Crippen LogP contribution >= 0.6 is 11.6 Å². The van der Waals surface area contributed by atoms with E-state index >= 15 is 0 Å². The Labute approximate surface area is 126 Å². The average molecular weight is 314 g/mol. The van der Waals surface area contributed by atoms with Gasteiger partial charge in [0.05, 0.1) is 0 Å². The van der Waals surface area contributed by atoms with Crippen molar-refractivity contribution in [3.05, 3.63) is 70.0 Å². The van der Waals surface area contributed by atoms with Crippen molar-refractivity contribution < 1.29 is 13.2 Å². The molecule has 5 heteroatoms. The molecule has 0 aliphatic carbocycles. The zero-order chi connectivity index (χ0) is 15.4. The van der Waals surface area contributed by atoms with Crippen molar-refractivity contribution in [1.82, 2.24) is 5.32 Å². The first-order valence-corrected chi connectivity index (χ1v) is 7.02. The third-order valence-electron chi connectivity index (χ3n) is 3.25. The van der Waals surface area contributed by atoms with Crippen LogP contribution in [-0.4, -0.2) is 6.54 Å². The second kappa shape index (κ2) is 6.96. The maximum absolute atomic E-state index is 13.9. The van der Waals surface area contributed by atoms with Crippen molar-refractivity contribution in [2.24, 2.45) is 0 Å². The van der Waals surface area contributed by atoms with Crippen molar-refractivity contribution >= 4 is 11.6 Å². The summed E-state index contributed by atoms with van der Waals surface area (Å²) in [6.07, 6.45) is 0.139. The highest BCUT2D eigenvalue weighted by Crippen LogP contribution is 2.27. The molecule has 2 aromatic carbocycles. The Bertz CT molecular complexity index is 611. The predicted molar refractivity (Wildman–Crippen MR) is 77.9 cm³/mol. The molecule has 0 spiro atoms. The van der Waals surface area contributed by atoms with Gasteiger partial charge in [-0.15, -0.1) is 0 Å². The van der Waals surface area contributed by atoms with Crippen LogP contribution in [-0.2, 0) is 6.42 Å². The van der Waals surface area contributed by atoms with Crippen LogP contribution in [0.5, 0.6) is 0 Å². The van der Waals surface area contributed by atoms with Crippen LogP contribution < -0.4 is 5.32 Å². The van der Waals surface area contributed by atoms with Crippen LogP contribution in [0.2, 0.25) is 5.02 Å².